The first kappa shape index (κ1) is 31.4. The lowest BCUT2D eigenvalue weighted by Gasteiger charge is -2.60. The van der Waals surface area contributed by atoms with E-state index in [9.17, 15) is 14.7 Å². The predicted molar refractivity (Wildman–Crippen MR) is 173 cm³/mol. The number of carboxylic acids is 1. The van der Waals surface area contributed by atoms with Gasteiger partial charge in [-0.3, -0.25) is 4.79 Å². The molecule has 3 aliphatic heterocycles. The molecule has 3 saturated carbocycles. The smallest absolute Gasteiger partial charge is 0.315 e. The molecule has 0 aromatic heterocycles. The van der Waals surface area contributed by atoms with Crippen LogP contribution in [0, 0.1) is 51.8 Å². The van der Waals surface area contributed by atoms with Crippen LogP contribution in [0.2, 0.25) is 0 Å². The molecule has 10 atom stereocenters. The van der Waals surface area contributed by atoms with Crippen LogP contribution in [0.25, 0.3) is 0 Å². The molecule has 246 valence electrons. The van der Waals surface area contributed by atoms with Crippen LogP contribution < -0.4 is 0 Å². The molecule has 0 spiro atoms. The molecular weight excluding hydrogens is 548 g/mol. The van der Waals surface area contributed by atoms with Crippen molar-refractivity contribution in [1.29, 1.82) is 0 Å². The van der Waals surface area contributed by atoms with Crippen molar-refractivity contribution >= 4 is 12.3 Å². The second kappa shape index (κ2) is 11.8. The summed E-state index contributed by atoms with van der Waals surface area (Å²) in [6, 6.07) is 0.740. The molecule has 4 bridgehead atoms. The van der Waals surface area contributed by atoms with Gasteiger partial charge in [-0.15, -0.1) is 0 Å². The average Bonchev–Trinajstić information content (AvgIpc) is 3.74. The Morgan fingerprint density at radius 3 is 2.50 bits per heavy atom. The van der Waals surface area contributed by atoms with Gasteiger partial charge < -0.3 is 24.4 Å². The van der Waals surface area contributed by atoms with E-state index < -0.39 is 22.2 Å². The van der Waals surface area contributed by atoms with Crippen LogP contribution in [0.15, 0.2) is 11.6 Å². The molecule has 44 heavy (non-hydrogen) atoms. The normalized spacial score (nSPS) is 46.0. The van der Waals surface area contributed by atoms with Gasteiger partial charge in [0.15, 0.2) is 0 Å². The van der Waals surface area contributed by atoms with Gasteiger partial charge in [-0.1, -0.05) is 65.0 Å². The van der Waals surface area contributed by atoms with Crippen molar-refractivity contribution < 1.29 is 19.4 Å². The number of ether oxygens (including phenoxy) is 1. The number of carboxylic acid groups (broad SMARTS) is 1. The molecule has 4 aliphatic carbocycles. The molecule has 3 heterocycles. The SMILES string of the molecule is CCCCC1CC(C23C[C@@H]4[C@H](C)CC[C@H]4C4(C=O)CC2C=C(C(C)C)C34C(=O)O)OC1CN1CCC(N2CCCCC2)CC1. The fraction of sp³-hybridized carbons (Fsp3) is 0.895. The third-order valence-corrected chi connectivity index (χ3v) is 14.8. The number of fused-ring (bicyclic) bond motifs is 2. The maximum atomic E-state index is 14.1. The molecule has 3 saturated heterocycles. The van der Waals surface area contributed by atoms with Gasteiger partial charge in [0.25, 0.3) is 0 Å². The second-order valence-corrected chi connectivity index (χ2v) is 16.8. The van der Waals surface area contributed by atoms with Gasteiger partial charge in [0.1, 0.15) is 11.7 Å². The highest BCUT2D eigenvalue weighted by Crippen LogP contribution is 2.84. The summed E-state index contributed by atoms with van der Waals surface area (Å²) < 4.78 is 7.37. The van der Waals surface area contributed by atoms with E-state index in [1.807, 2.05) is 0 Å². The minimum absolute atomic E-state index is 0.0931. The third kappa shape index (κ3) is 4.28. The Bertz CT molecular complexity index is 1120. The number of aldehydes is 1. The zero-order chi connectivity index (χ0) is 30.9. The molecule has 0 amide bonds. The summed E-state index contributed by atoms with van der Waals surface area (Å²) in [4.78, 5) is 33.0. The van der Waals surface area contributed by atoms with Crippen LogP contribution in [0.5, 0.6) is 0 Å². The summed E-state index contributed by atoms with van der Waals surface area (Å²) in [5, 5.41) is 11.5. The van der Waals surface area contributed by atoms with E-state index in [1.54, 1.807) is 0 Å². The fourth-order valence-corrected chi connectivity index (χ4v) is 13.0. The third-order valence-electron chi connectivity index (χ3n) is 14.8. The average molecular weight is 609 g/mol. The van der Waals surface area contributed by atoms with E-state index in [0.29, 0.717) is 24.2 Å². The Balaban J connectivity index is 1.19. The van der Waals surface area contributed by atoms with Gasteiger partial charge in [0, 0.05) is 18.0 Å². The Labute approximate surface area is 266 Å². The van der Waals surface area contributed by atoms with Crippen molar-refractivity contribution in [2.24, 2.45) is 51.8 Å². The molecule has 0 aromatic carbocycles. The highest BCUT2D eigenvalue weighted by atomic mass is 16.5. The molecule has 6 nitrogen and oxygen atoms in total. The van der Waals surface area contributed by atoms with Crippen LogP contribution in [0.3, 0.4) is 0 Å². The number of carbonyl (C=O) groups is 2. The van der Waals surface area contributed by atoms with E-state index in [1.165, 1.54) is 64.3 Å². The molecule has 6 heteroatoms. The maximum absolute atomic E-state index is 14.1. The summed E-state index contributed by atoms with van der Waals surface area (Å²) in [5.41, 5.74) is -1.40. The van der Waals surface area contributed by atoms with E-state index >= 15 is 0 Å². The van der Waals surface area contributed by atoms with Crippen molar-refractivity contribution in [3.05, 3.63) is 11.6 Å². The zero-order valence-electron chi connectivity index (χ0n) is 28.1. The predicted octanol–water partition coefficient (Wildman–Crippen LogP) is 6.83. The Morgan fingerprint density at radius 2 is 1.84 bits per heavy atom. The van der Waals surface area contributed by atoms with Gasteiger partial charge in [-0.25, -0.2) is 0 Å². The first-order chi connectivity index (χ1) is 21.2. The monoisotopic (exact) mass is 608 g/mol. The molecule has 7 rings (SSSR count). The number of piperidine rings is 2. The fourth-order valence-electron chi connectivity index (χ4n) is 13.0. The summed E-state index contributed by atoms with van der Waals surface area (Å²) in [7, 11) is 0. The Morgan fingerprint density at radius 1 is 1.09 bits per heavy atom. The first-order valence-electron chi connectivity index (χ1n) is 18.8. The number of aliphatic carboxylic acids is 1. The van der Waals surface area contributed by atoms with Crippen molar-refractivity contribution in [3.8, 4) is 0 Å². The summed E-state index contributed by atoms with van der Waals surface area (Å²) in [6.07, 6.45) is 18.4. The summed E-state index contributed by atoms with van der Waals surface area (Å²) >= 11 is 0. The number of carbonyl (C=O) groups excluding carboxylic acids is 1. The number of hydrogen-bond donors (Lipinski definition) is 1. The zero-order valence-corrected chi connectivity index (χ0v) is 28.1. The molecule has 7 unspecified atom stereocenters. The van der Waals surface area contributed by atoms with Gasteiger partial charge in [0.05, 0.1) is 17.6 Å². The highest BCUT2D eigenvalue weighted by molar-refractivity contribution is 5.90. The largest absolute Gasteiger partial charge is 0.481 e. The Hall–Kier alpha value is -1.24. The van der Waals surface area contributed by atoms with E-state index in [0.717, 1.165) is 63.4 Å². The lowest BCUT2D eigenvalue weighted by Crippen LogP contribution is -2.65. The molecule has 7 aliphatic rings. The van der Waals surface area contributed by atoms with Crippen LogP contribution in [-0.2, 0) is 14.3 Å². The number of nitrogens with zero attached hydrogens (tertiary/aromatic N) is 2. The van der Waals surface area contributed by atoms with Gasteiger partial charge in [-0.05, 0) is 119 Å². The van der Waals surface area contributed by atoms with Crippen molar-refractivity contribution in [3.63, 3.8) is 0 Å². The summed E-state index contributed by atoms with van der Waals surface area (Å²) in [6.45, 7) is 14.8. The Kier molecular flexibility index (Phi) is 8.39. The number of unbranched alkanes of at least 4 members (excludes halogenated alkanes) is 1. The first-order valence-corrected chi connectivity index (χ1v) is 18.8. The summed E-state index contributed by atoms with van der Waals surface area (Å²) in [5.74, 6) is 1.10. The van der Waals surface area contributed by atoms with Crippen LogP contribution in [0.1, 0.15) is 111 Å². The minimum atomic E-state index is -1.13. The number of hydrogen-bond acceptors (Lipinski definition) is 5. The van der Waals surface area contributed by atoms with Crippen molar-refractivity contribution in [2.75, 3.05) is 32.7 Å². The minimum Gasteiger partial charge on any atom is -0.481 e. The quantitative estimate of drug-likeness (QED) is 0.217. The topological polar surface area (TPSA) is 70.1 Å². The highest BCUT2D eigenvalue weighted by Gasteiger charge is 2.86. The van der Waals surface area contributed by atoms with E-state index in [-0.39, 0.29) is 30.0 Å². The molecule has 0 aromatic rings. The van der Waals surface area contributed by atoms with Crippen LogP contribution in [0.4, 0.5) is 0 Å². The van der Waals surface area contributed by atoms with Gasteiger partial charge >= 0.3 is 5.97 Å². The van der Waals surface area contributed by atoms with Crippen molar-refractivity contribution in [1.82, 2.24) is 9.80 Å². The molecular formula is C38H60N2O4. The van der Waals surface area contributed by atoms with Crippen molar-refractivity contribution in [2.45, 2.75) is 129 Å². The van der Waals surface area contributed by atoms with Crippen LogP contribution in [-0.4, -0.2) is 78.1 Å². The van der Waals surface area contributed by atoms with E-state index in [4.69, 9.17) is 4.74 Å². The number of rotatable bonds is 10. The molecule has 1 N–H and O–H groups in total. The molecule has 0 radical (unpaired) electrons. The maximum Gasteiger partial charge on any atom is 0.315 e. The lowest BCUT2D eigenvalue weighted by atomic mass is 9.41. The van der Waals surface area contributed by atoms with Gasteiger partial charge in [-0.2, -0.15) is 0 Å². The number of allylic oxidation sites excluding steroid dienone is 1. The van der Waals surface area contributed by atoms with Gasteiger partial charge in [0.2, 0.25) is 0 Å². The number of likely N-dealkylation sites (tertiary alicyclic amines) is 2. The second-order valence-electron chi connectivity index (χ2n) is 16.8. The van der Waals surface area contributed by atoms with E-state index in [2.05, 4.69) is 43.6 Å². The standard InChI is InChI=1S/C38H60N2O4/c1-5-6-10-27-19-34(44-33(27)23-39-17-13-29(14-18-39)40-15-8-7-9-16-40)37-22-30-26(4)11-12-31(30)36(24-41)21-28(37)20-32(25(2)3)38(36,37)35(42)43/h20,24-31,33-34H,5-19,21-23H2,1-4H3,(H,42,43)/t26-,27?,28?,30-,31-,33?,34?,36?,37?,38?/m1/s1. The lowest BCUT2D eigenvalue weighted by molar-refractivity contribution is -0.197. The van der Waals surface area contributed by atoms with Crippen LogP contribution >= 0.6 is 0 Å². The molecule has 6 fully saturated rings.